The predicted octanol–water partition coefficient (Wildman–Crippen LogP) is 4.27. The number of halogens is 1. The molecule has 0 saturated heterocycles. The van der Waals surface area contributed by atoms with E-state index in [-0.39, 0.29) is 5.91 Å². The Kier molecular flexibility index (Phi) is 4.90. The summed E-state index contributed by atoms with van der Waals surface area (Å²) in [6.45, 7) is 3.51. The van der Waals surface area contributed by atoms with Gasteiger partial charge in [-0.1, -0.05) is 15.9 Å². The molecule has 1 aromatic heterocycles. The van der Waals surface area contributed by atoms with Crippen molar-refractivity contribution in [1.29, 1.82) is 0 Å². The molecule has 1 unspecified atom stereocenters. The fourth-order valence-electron chi connectivity index (χ4n) is 2.42. The number of carbonyl (C=O) groups is 1. The lowest BCUT2D eigenvalue weighted by Crippen LogP contribution is -2.30. The van der Waals surface area contributed by atoms with E-state index in [1.54, 1.807) is 31.2 Å². The van der Waals surface area contributed by atoms with Crippen molar-refractivity contribution in [2.45, 2.75) is 20.0 Å². The minimum Gasteiger partial charge on any atom is -0.481 e. The van der Waals surface area contributed by atoms with Gasteiger partial charge >= 0.3 is 5.63 Å². The van der Waals surface area contributed by atoms with Crippen LogP contribution in [0.3, 0.4) is 0 Å². The number of rotatable bonds is 4. The van der Waals surface area contributed by atoms with Gasteiger partial charge in [0.25, 0.3) is 5.91 Å². The highest BCUT2D eigenvalue weighted by Crippen LogP contribution is 2.21. The maximum Gasteiger partial charge on any atom is 0.336 e. The van der Waals surface area contributed by atoms with Gasteiger partial charge in [0.05, 0.1) is 0 Å². The number of carbonyl (C=O) groups excluding carboxylic acids is 1. The van der Waals surface area contributed by atoms with Gasteiger partial charge in [-0.3, -0.25) is 4.79 Å². The minimum atomic E-state index is -0.679. The van der Waals surface area contributed by atoms with Gasteiger partial charge in [0.1, 0.15) is 11.3 Å². The van der Waals surface area contributed by atoms with Crippen LogP contribution in [0.4, 0.5) is 5.69 Å². The summed E-state index contributed by atoms with van der Waals surface area (Å²) in [4.78, 5) is 23.8. The van der Waals surface area contributed by atoms with Crippen LogP contribution in [0.5, 0.6) is 5.75 Å². The van der Waals surface area contributed by atoms with E-state index in [1.807, 2.05) is 25.1 Å². The Hall–Kier alpha value is -2.60. The molecular formula is C19H16BrNO4. The molecule has 25 heavy (non-hydrogen) atoms. The normalized spacial score (nSPS) is 12.0. The second kappa shape index (κ2) is 7.11. The number of ether oxygens (including phenoxy) is 1. The van der Waals surface area contributed by atoms with E-state index in [2.05, 4.69) is 21.2 Å². The van der Waals surface area contributed by atoms with Gasteiger partial charge < -0.3 is 14.5 Å². The van der Waals surface area contributed by atoms with E-state index in [1.165, 1.54) is 6.07 Å². The van der Waals surface area contributed by atoms with Crippen molar-refractivity contribution in [2.75, 3.05) is 5.32 Å². The van der Waals surface area contributed by atoms with Crippen LogP contribution in [0.1, 0.15) is 12.5 Å². The highest BCUT2D eigenvalue weighted by Gasteiger charge is 2.15. The number of nitrogens with one attached hydrogen (secondary N) is 1. The number of amides is 1. The van der Waals surface area contributed by atoms with Gasteiger partial charge in [0, 0.05) is 27.7 Å². The van der Waals surface area contributed by atoms with Crippen molar-refractivity contribution in [2.24, 2.45) is 0 Å². The molecule has 0 aliphatic carbocycles. The fraction of sp³-hybridized carbons (Fsp3) is 0.158. The molecule has 1 heterocycles. The molecule has 2 aromatic carbocycles. The van der Waals surface area contributed by atoms with Crippen LogP contribution in [0, 0.1) is 6.92 Å². The zero-order chi connectivity index (χ0) is 18.0. The van der Waals surface area contributed by atoms with Crippen molar-refractivity contribution in [3.05, 3.63) is 69.0 Å². The maximum atomic E-state index is 12.3. The zero-order valence-corrected chi connectivity index (χ0v) is 15.3. The maximum absolute atomic E-state index is 12.3. The molecule has 0 saturated carbocycles. The van der Waals surface area contributed by atoms with Crippen LogP contribution in [0.25, 0.3) is 11.0 Å². The highest BCUT2D eigenvalue weighted by atomic mass is 79.9. The van der Waals surface area contributed by atoms with Gasteiger partial charge in [-0.05, 0) is 55.8 Å². The lowest BCUT2D eigenvalue weighted by Gasteiger charge is -2.15. The van der Waals surface area contributed by atoms with Crippen LogP contribution in [-0.2, 0) is 4.79 Å². The van der Waals surface area contributed by atoms with Gasteiger partial charge in [-0.2, -0.15) is 0 Å². The summed E-state index contributed by atoms with van der Waals surface area (Å²) >= 11 is 3.35. The molecule has 0 fully saturated rings. The molecule has 5 nitrogen and oxygen atoms in total. The van der Waals surface area contributed by atoms with Crippen LogP contribution in [0.15, 0.2) is 62.2 Å². The van der Waals surface area contributed by atoms with Crippen molar-refractivity contribution < 1.29 is 13.9 Å². The molecule has 128 valence electrons. The lowest BCUT2D eigenvalue weighted by atomic mass is 10.1. The number of benzene rings is 2. The van der Waals surface area contributed by atoms with E-state index in [4.69, 9.17) is 9.15 Å². The number of anilines is 1. The summed E-state index contributed by atoms with van der Waals surface area (Å²) in [7, 11) is 0. The van der Waals surface area contributed by atoms with E-state index >= 15 is 0 Å². The van der Waals surface area contributed by atoms with Crippen LogP contribution >= 0.6 is 15.9 Å². The van der Waals surface area contributed by atoms with Gasteiger partial charge in [0.15, 0.2) is 6.10 Å². The van der Waals surface area contributed by atoms with Gasteiger partial charge in [-0.15, -0.1) is 0 Å². The third kappa shape index (κ3) is 4.09. The summed E-state index contributed by atoms with van der Waals surface area (Å²) in [5, 5.41) is 3.60. The number of hydrogen-bond acceptors (Lipinski definition) is 4. The molecule has 1 N–H and O–H groups in total. The quantitative estimate of drug-likeness (QED) is 0.662. The Labute approximate surface area is 152 Å². The molecular weight excluding hydrogens is 386 g/mol. The molecule has 3 rings (SSSR count). The molecule has 0 spiro atoms. The summed E-state index contributed by atoms with van der Waals surface area (Å²) in [6.07, 6.45) is -0.679. The van der Waals surface area contributed by atoms with Crippen LogP contribution in [0.2, 0.25) is 0 Å². The van der Waals surface area contributed by atoms with Crippen LogP contribution < -0.4 is 15.7 Å². The predicted molar refractivity (Wildman–Crippen MR) is 100 cm³/mol. The fourth-order valence-corrected chi connectivity index (χ4v) is 2.68. The number of fused-ring (bicyclic) bond motifs is 1. The first-order valence-electron chi connectivity index (χ1n) is 7.70. The topological polar surface area (TPSA) is 68.5 Å². The first-order valence-corrected chi connectivity index (χ1v) is 8.49. The molecule has 0 bridgehead atoms. The van der Waals surface area contributed by atoms with E-state index in [9.17, 15) is 9.59 Å². The van der Waals surface area contributed by atoms with Crippen molar-refractivity contribution >= 4 is 38.5 Å². The number of hydrogen-bond donors (Lipinski definition) is 1. The second-order valence-electron chi connectivity index (χ2n) is 5.66. The van der Waals surface area contributed by atoms with E-state index in [0.29, 0.717) is 17.0 Å². The third-order valence-corrected chi connectivity index (χ3v) is 4.24. The molecule has 3 aromatic rings. The Balaban J connectivity index is 1.74. The zero-order valence-electron chi connectivity index (χ0n) is 13.7. The lowest BCUT2D eigenvalue weighted by molar-refractivity contribution is -0.122. The first kappa shape index (κ1) is 17.2. The van der Waals surface area contributed by atoms with Crippen LogP contribution in [-0.4, -0.2) is 12.0 Å². The Morgan fingerprint density at radius 2 is 1.88 bits per heavy atom. The summed E-state index contributed by atoms with van der Waals surface area (Å²) in [5.41, 5.74) is 1.39. The molecule has 0 aliphatic heterocycles. The minimum absolute atomic E-state index is 0.294. The SMILES string of the molecule is Cc1cc(=O)oc2cc(NC(=O)C(C)Oc3ccc(Br)cc3)ccc12. The molecule has 0 aliphatic rings. The standard InChI is InChI=1S/C19H16BrNO4/c1-11-9-18(22)25-17-10-14(5-8-16(11)17)21-19(23)12(2)24-15-6-3-13(20)4-7-15/h3-10,12H,1-2H3,(H,21,23). The second-order valence-corrected chi connectivity index (χ2v) is 6.58. The van der Waals surface area contributed by atoms with Gasteiger partial charge in [0.2, 0.25) is 0 Å². The average Bonchev–Trinajstić information content (AvgIpc) is 2.56. The summed E-state index contributed by atoms with van der Waals surface area (Å²) in [5.74, 6) is 0.309. The average molecular weight is 402 g/mol. The van der Waals surface area contributed by atoms with Gasteiger partial charge in [-0.25, -0.2) is 4.79 Å². The van der Waals surface area contributed by atoms with E-state index < -0.39 is 11.7 Å². The Morgan fingerprint density at radius 1 is 1.16 bits per heavy atom. The smallest absolute Gasteiger partial charge is 0.336 e. The monoisotopic (exact) mass is 401 g/mol. The third-order valence-electron chi connectivity index (χ3n) is 3.71. The highest BCUT2D eigenvalue weighted by molar-refractivity contribution is 9.10. The number of aryl methyl sites for hydroxylation is 1. The van der Waals surface area contributed by atoms with Crippen molar-refractivity contribution in [3.63, 3.8) is 0 Å². The molecule has 1 atom stereocenters. The summed E-state index contributed by atoms with van der Waals surface area (Å²) < 4.78 is 11.7. The Morgan fingerprint density at radius 3 is 2.60 bits per heavy atom. The molecule has 1 amide bonds. The molecule has 0 radical (unpaired) electrons. The van der Waals surface area contributed by atoms with E-state index in [0.717, 1.165) is 15.4 Å². The molecule has 6 heteroatoms. The first-order chi connectivity index (χ1) is 11.9. The van der Waals surface area contributed by atoms with Crippen molar-refractivity contribution in [1.82, 2.24) is 0 Å². The summed E-state index contributed by atoms with van der Waals surface area (Å²) in [6, 6.07) is 13.9. The van der Waals surface area contributed by atoms with Crippen molar-refractivity contribution in [3.8, 4) is 5.75 Å². The Bertz CT molecular complexity index is 979. The largest absolute Gasteiger partial charge is 0.481 e.